The van der Waals surface area contributed by atoms with Gasteiger partial charge in [0.1, 0.15) is 6.04 Å². The molecule has 2 heterocycles. The third-order valence-electron chi connectivity index (χ3n) is 5.45. The van der Waals surface area contributed by atoms with Gasteiger partial charge >= 0.3 is 0 Å². The summed E-state index contributed by atoms with van der Waals surface area (Å²) in [6.07, 6.45) is 3.57. The first-order valence-corrected chi connectivity index (χ1v) is 9.84. The Balaban J connectivity index is 1.40. The Labute approximate surface area is 168 Å². The van der Waals surface area contributed by atoms with E-state index in [2.05, 4.69) is 15.5 Å². The maximum absolute atomic E-state index is 12.6. The van der Waals surface area contributed by atoms with E-state index in [1.807, 2.05) is 48.5 Å². The van der Waals surface area contributed by atoms with Crippen molar-refractivity contribution in [3.8, 4) is 22.9 Å². The van der Waals surface area contributed by atoms with Gasteiger partial charge in [0.05, 0.1) is 0 Å². The normalized spacial score (nSPS) is 16.3. The molecule has 1 atom stereocenters. The number of rotatable bonds is 6. The first-order valence-electron chi connectivity index (χ1n) is 9.84. The minimum Gasteiger partial charge on any atom is -0.454 e. The molecule has 2 aromatic carbocycles. The number of nitrogens with one attached hydrogen (secondary N) is 1. The van der Waals surface area contributed by atoms with Crippen molar-refractivity contribution >= 4 is 5.91 Å². The van der Waals surface area contributed by atoms with E-state index in [-0.39, 0.29) is 24.7 Å². The fraction of sp³-hybridized carbons (Fsp3) is 0.318. The first-order chi connectivity index (χ1) is 14.3. The van der Waals surface area contributed by atoms with Crippen LogP contribution in [0.3, 0.4) is 0 Å². The van der Waals surface area contributed by atoms with Gasteiger partial charge in [-0.1, -0.05) is 41.9 Å². The van der Waals surface area contributed by atoms with E-state index in [1.54, 1.807) is 0 Å². The van der Waals surface area contributed by atoms with E-state index in [1.165, 1.54) is 0 Å². The Morgan fingerprint density at radius 1 is 1.10 bits per heavy atom. The lowest BCUT2D eigenvalue weighted by atomic mass is 9.84. The quantitative estimate of drug-likeness (QED) is 0.690. The SMILES string of the molecule is O=C(N[C@H](Cc1ccccc1)c1nc(-c2ccc3c(c2)OCO3)no1)C1CCC1. The second-order valence-electron chi connectivity index (χ2n) is 7.40. The highest BCUT2D eigenvalue weighted by Crippen LogP contribution is 2.35. The summed E-state index contributed by atoms with van der Waals surface area (Å²) in [7, 11) is 0. The van der Waals surface area contributed by atoms with E-state index < -0.39 is 0 Å². The van der Waals surface area contributed by atoms with Gasteiger partial charge in [-0.3, -0.25) is 4.79 Å². The highest BCUT2D eigenvalue weighted by molar-refractivity contribution is 5.79. The molecule has 0 unspecified atom stereocenters. The number of amides is 1. The Morgan fingerprint density at radius 2 is 1.93 bits per heavy atom. The molecule has 1 aromatic heterocycles. The van der Waals surface area contributed by atoms with Crippen molar-refractivity contribution in [2.75, 3.05) is 6.79 Å². The Bertz CT molecular complexity index is 1010. The van der Waals surface area contributed by atoms with Gasteiger partial charge in [-0.05, 0) is 36.6 Å². The molecule has 148 valence electrons. The van der Waals surface area contributed by atoms with Crippen LogP contribution in [-0.2, 0) is 11.2 Å². The number of hydrogen-bond acceptors (Lipinski definition) is 6. The summed E-state index contributed by atoms with van der Waals surface area (Å²) in [5.74, 6) is 2.35. The standard InChI is InChI=1S/C22H21N3O4/c26-21(15-7-4-8-15)23-17(11-14-5-2-1-3-6-14)22-24-20(25-29-22)16-9-10-18-19(12-16)28-13-27-18/h1-3,5-6,9-10,12,15,17H,4,7-8,11,13H2,(H,23,26)/t17-/m1/s1. The minimum absolute atomic E-state index is 0.0556. The summed E-state index contributed by atoms with van der Waals surface area (Å²) < 4.78 is 16.3. The van der Waals surface area contributed by atoms with Gasteiger partial charge in [0.25, 0.3) is 0 Å². The minimum atomic E-state index is -0.374. The molecule has 1 amide bonds. The molecular weight excluding hydrogens is 370 g/mol. The highest BCUT2D eigenvalue weighted by Gasteiger charge is 2.29. The van der Waals surface area contributed by atoms with Crippen molar-refractivity contribution in [1.29, 1.82) is 0 Å². The predicted molar refractivity (Wildman–Crippen MR) is 104 cm³/mol. The fourth-order valence-electron chi connectivity index (χ4n) is 3.54. The van der Waals surface area contributed by atoms with Gasteiger partial charge in [0.15, 0.2) is 11.5 Å². The Kier molecular flexibility index (Phi) is 4.63. The van der Waals surface area contributed by atoms with Crippen molar-refractivity contribution in [2.45, 2.75) is 31.7 Å². The van der Waals surface area contributed by atoms with E-state index in [0.29, 0.717) is 29.6 Å². The number of carbonyl (C=O) groups excluding carboxylic acids is 1. The molecule has 7 heteroatoms. The van der Waals surface area contributed by atoms with Gasteiger partial charge in [-0.2, -0.15) is 4.98 Å². The van der Waals surface area contributed by atoms with E-state index >= 15 is 0 Å². The number of benzene rings is 2. The molecule has 3 aromatic rings. The largest absolute Gasteiger partial charge is 0.454 e. The molecule has 1 aliphatic carbocycles. The predicted octanol–water partition coefficient (Wildman–Crippen LogP) is 3.67. The van der Waals surface area contributed by atoms with Crippen LogP contribution in [0.1, 0.15) is 36.8 Å². The second kappa shape index (κ2) is 7.58. The summed E-state index contributed by atoms with van der Waals surface area (Å²) in [6.45, 7) is 0.211. The monoisotopic (exact) mass is 391 g/mol. The van der Waals surface area contributed by atoms with Gasteiger partial charge in [-0.25, -0.2) is 0 Å². The number of fused-ring (bicyclic) bond motifs is 1. The molecule has 0 saturated heterocycles. The number of hydrogen-bond donors (Lipinski definition) is 1. The lowest BCUT2D eigenvalue weighted by molar-refractivity contribution is -0.128. The summed E-state index contributed by atoms with van der Waals surface area (Å²) in [5, 5.41) is 7.24. The molecule has 29 heavy (non-hydrogen) atoms. The van der Waals surface area contributed by atoms with Crippen LogP contribution in [0.5, 0.6) is 11.5 Å². The van der Waals surface area contributed by atoms with Crippen LogP contribution >= 0.6 is 0 Å². The molecule has 1 saturated carbocycles. The lowest BCUT2D eigenvalue weighted by Crippen LogP contribution is -2.37. The van der Waals surface area contributed by atoms with Crippen molar-refractivity contribution in [3.63, 3.8) is 0 Å². The van der Waals surface area contributed by atoms with Crippen LogP contribution in [-0.4, -0.2) is 22.8 Å². The molecular formula is C22H21N3O4. The van der Waals surface area contributed by atoms with Crippen molar-refractivity contribution in [2.24, 2.45) is 5.92 Å². The van der Waals surface area contributed by atoms with E-state index in [4.69, 9.17) is 14.0 Å². The molecule has 1 N–H and O–H groups in total. The average molecular weight is 391 g/mol. The van der Waals surface area contributed by atoms with Crippen LogP contribution in [0.15, 0.2) is 53.1 Å². The van der Waals surface area contributed by atoms with Crippen LogP contribution in [0.2, 0.25) is 0 Å². The van der Waals surface area contributed by atoms with Crippen LogP contribution in [0, 0.1) is 5.92 Å². The van der Waals surface area contributed by atoms with Gasteiger partial charge < -0.3 is 19.3 Å². The summed E-state index contributed by atoms with van der Waals surface area (Å²) in [6, 6.07) is 15.1. The maximum atomic E-state index is 12.6. The average Bonchev–Trinajstić information content (AvgIpc) is 3.36. The zero-order chi connectivity index (χ0) is 19.6. The van der Waals surface area contributed by atoms with Crippen LogP contribution in [0.4, 0.5) is 0 Å². The highest BCUT2D eigenvalue weighted by atomic mass is 16.7. The molecule has 5 rings (SSSR count). The van der Waals surface area contributed by atoms with Crippen LogP contribution in [0.25, 0.3) is 11.4 Å². The number of nitrogens with zero attached hydrogens (tertiary/aromatic N) is 2. The third-order valence-corrected chi connectivity index (χ3v) is 5.45. The number of ether oxygens (including phenoxy) is 2. The van der Waals surface area contributed by atoms with Gasteiger partial charge in [0.2, 0.25) is 24.4 Å². The smallest absolute Gasteiger partial charge is 0.249 e. The van der Waals surface area contributed by atoms with Gasteiger partial charge in [0, 0.05) is 17.9 Å². The molecule has 1 aliphatic heterocycles. The molecule has 2 aliphatic rings. The van der Waals surface area contributed by atoms with Gasteiger partial charge in [-0.15, -0.1) is 0 Å². The topological polar surface area (TPSA) is 86.5 Å². The van der Waals surface area contributed by atoms with Crippen molar-refractivity contribution in [3.05, 3.63) is 60.0 Å². The zero-order valence-corrected chi connectivity index (χ0v) is 15.8. The maximum Gasteiger partial charge on any atom is 0.249 e. The molecule has 0 spiro atoms. The van der Waals surface area contributed by atoms with E-state index in [9.17, 15) is 4.79 Å². The lowest BCUT2D eigenvalue weighted by Gasteiger charge is -2.26. The van der Waals surface area contributed by atoms with Crippen molar-refractivity contribution in [1.82, 2.24) is 15.5 Å². The Morgan fingerprint density at radius 3 is 2.72 bits per heavy atom. The third kappa shape index (κ3) is 3.68. The molecule has 0 radical (unpaired) electrons. The number of carbonyl (C=O) groups is 1. The zero-order valence-electron chi connectivity index (χ0n) is 15.8. The van der Waals surface area contributed by atoms with Crippen LogP contribution < -0.4 is 14.8 Å². The summed E-state index contributed by atoms with van der Waals surface area (Å²) in [5.41, 5.74) is 1.86. The first kappa shape index (κ1) is 17.7. The summed E-state index contributed by atoms with van der Waals surface area (Å²) >= 11 is 0. The molecule has 1 fully saturated rings. The summed E-state index contributed by atoms with van der Waals surface area (Å²) in [4.78, 5) is 17.1. The fourth-order valence-corrected chi connectivity index (χ4v) is 3.54. The molecule has 7 nitrogen and oxygen atoms in total. The van der Waals surface area contributed by atoms with Crippen molar-refractivity contribution < 1.29 is 18.8 Å². The van der Waals surface area contributed by atoms with E-state index in [0.717, 1.165) is 30.4 Å². The second-order valence-corrected chi connectivity index (χ2v) is 7.40. The number of aromatic nitrogens is 2. The Hall–Kier alpha value is -3.35. The molecule has 0 bridgehead atoms.